The molecule has 14 heavy (non-hydrogen) atoms. The van der Waals surface area contributed by atoms with E-state index in [0.717, 1.165) is 5.33 Å². The summed E-state index contributed by atoms with van der Waals surface area (Å²) in [6.45, 7) is 4.71. The normalized spacial score (nSPS) is 11.6. The largest absolute Gasteiger partial charge is 0.0931 e. The lowest BCUT2D eigenvalue weighted by molar-refractivity contribution is 1.21. The van der Waals surface area contributed by atoms with Crippen LogP contribution in [0, 0.1) is 0 Å². The van der Waals surface area contributed by atoms with Gasteiger partial charge in [-0.05, 0) is 6.04 Å². The van der Waals surface area contributed by atoms with Crippen molar-refractivity contribution in [2.24, 2.45) is 0 Å². The molecule has 0 fully saturated rings. The Morgan fingerprint density at radius 1 is 1.07 bits per heavy atom. The van der Waals surface area contributed by atoms with Crippen molar-refractivity contribution in [2.45, 2.75) is 32.0 Å². The Labute approximate surface area is 96.9 Å². The van der Waals surface area contributed by atoms with E-state index in [1.807, 2.05) is 0 Å². The van der Waals surface area contributed by atoms with Crippen molar-refractivity contribution in [3.8, 4) is 0 Å². The first-order valence-corrected chi connectivity index (χ1v) is 9.15. The van der Waals surface area contributed by atoms with Gasteiger partial charge in [-0.1, -0.05) is 77.4 Å². The molecule has 0 spiro atoms. The van der Waals surface area contributed by atoms with Crippen molar-refractivity contribution in [1.82, 2.24) is 0 Å². The van der Waals surface area contributed by atoms with Gasteiger partial charge in [-0.25, -0.2) is 0 Å². The van der Waals surface area contributed by atoms with Gasteiger partial charge in [0.25, 0.3) is 0 Å². The first-order valence-electron chi connectivity index (χ1n) is 5.40. The molecule has 0 N–H and O–H groups in total. The molecule has 0 nitrogen and oxygen atoms in total. The van der Waals surface area contributed by atoms with Gasteiger partial charge in [-0.2, -0.15) is 0 Å². The topological polar surface area (TPSA) is 0 Å². The first kappa shape index (κ1) is 12.0. The number of benzene rings is 1. The van der Waals surface area contributed by atoms with Crippen LogP contribution in [-0.4, -0.2) is 13.4 Å². The van der Waals surface area contributed by atoms with Crippen LogP contribution in [0.25, 0.3) is 0 Å². The third-order valence-corrected chi connectivity index (χ3v) is 9.91. The molecule has 0 unspecified atom stereocenters. The van der Waals surface area contributed by atoms with Gasteiger partial charge in [0, 0.05) is 5.33 Å². The second kappa shape index (κ2) is 5.71. The molecule has 0 amide bonds. The number of halogens is 1. The molecular formula is C12H19BrSi. The molecule has 0 aliphatic heterocycles. The highest BCUT2D eigenvalue weighted by atomic mass is 79.9. The summed E-state index contributed by atoms with van der Waals surface area (Å²) in [7, 11) is -1.17. The average molecular weight is 271 g/mol. The van der Waals surface area contributed by atoms with Gasteiger partial charge in [-0.3, -0.25) is 0 Å². The van der Waals surface area contributed by atoms with Crippen LogP contribution in [0.2, 0.25) is 18.1 Å². The number of alkyl halides is 1. The summed E-state index contributed by atoms with van der Waals surface area (Å²) in [6.07, 6.45) is 0. The van der Waals surface area contributed by atoms with Crippen LogP contribution in [0.1, 0.15) is 13.8 Å². The highest BCUT2D eigenvalue weighted by molar-refractivity contribution is 9.09. The van der Waals surface area contributed by atoms with Gasteiger partial charge in [0.1, 0.15) is 0 Å². The summed E-state index contributed by atoms with van der Waals surface area (Å²) in [6, 6.07) is 15.2. The minimum atomic E-state index is -1.17. The zero-order valence-corrected chi connectivity index (χ0v) is 11.7. The van der Waals surface area contributed by atoms with E-state index in [2.05, 4.69) is 60.1 Å². The summed E-state index contributed by atoms with van der Waals surface area (Å²) in [5.41, 5.74) is 0. The van der Waals surface area contributed by atoms with Gasteiger partial charge in [-0.15, -0.1) is 0 Å². The molecule has 1 aromatic rings. The first-order chi connectivity index (χ1) is 6.79. The van der Waals surface area contributed by atoms with Crippen LogP contribution < -0.4 is 5.19 Å². The third kappa shape index (κ3) is 2.48. The lowest BCUT2D eigenvalue weighted by Gasteiger charge is -2.29. The van der Waals surface area contributed by atoms with E-state index in [4.69, 9.17) is 0 Å². The molecule has 2 heteroatoms. The van der Waals surface area contributed by atoms with Crippen molar-refractivity contribution >= 4 is 29.2 Å². The summed E-state index contributed by atoms with van der Waals surface area (Å²) in [5, 5.41) is 2.78. The van der Waals surface area contributed by atoms with E-state index >= 15 is 0 Å². The van der Waals surface area contributed by atoms with Crippen LogP contribution in [-0.2, 0) is 0 Å². The molecule has 1 aromatic carbocycles. The molecule has 78 valence electrons. The maximum absolute atomic E-state index is 3.60. The third-order valence-electron chi connectivity index (χ3n) is 3.31. The molecule has 0 saturated carbocycles. The summed E-state index contributed by atoms with van der Waals surface area (Å²) < 4.78 is 0. The number of hydrogen-bond donors (Lipinski definition) is 0. The maximum Gasteiger partial charge on any atom is 0.0869 e. The minimum Gasteiger partial charge on any atom is -0.0931 e. The maximum atomic E-state index is 3.60. The highest BCUT2D eigenvalue weighted by Crippen LogP contribution is 2.21. The van der Waals surface area contributed by atoms with E-state index in [9.17, 15) is 0 Å². The van der Waals surface area contributed by atoms with E-state index in [0.29, 0.717) is 0 Å². The second-order valence-electron chi connectivity index (χ2n) is 3.79. The molecule has 0 heterocycles. The van der Waals surface area contributed by atoms with E-state index < -0.39 is 8.07 Å². The SMILES string of the molecule is CC[Si](CC)(CCBr)c1ccccc1. The molecule has 0 saturated heterocycles. The molecule has 0 aromatic heterocycles. The van der Waals surface area contributed by atoms with Crippen molar-refractivity contribution in [3.63, 3.8) is 0 Å². The lowest BCUT2D eigenvalue weighted by Crippen LogP contribution is -2.46. The Hall–Kier alpha value is -0.0831. The Morgan fingerprint density at radius 3 is 2.07 bits per heavy atom. The van der Waals surface area contributed by atoms with Crippen molar-refractivity contribution in [1.29, 1.82) is 0 Å². The van der Waals surface area contributed by atoms with Crippen LogP contribution >= 0.6 is 15.9 Å². The van der Waals surface area contributed by atoms with Crippen LogP contribution in [0.5, 0.6) is 0 Å². The van der Waals surface area contributed by atoms with Gasteiger partial charge in [0.2, 0.25) is 0 Å². The zero-order valence-electron chi connectivity index (χ0n) is 9.09. The molecule has 0 aliphatic rings. The average Bonchev–Trinajstić information content (AvgIpc) is 2.27. The fourth-order valence-electron chi connectivity index (χ4n) is 2.13. The Bertz CT molecular complexity index is 254. The lowest BCUT2D eigenvalue weighted by atomic mass is 10.4. The van der Waals surface area contributed by atoms with Gasteiger partial charge in [0.05, 0.1) is 8.07 Å². The van der Waals surface area contributed by atoms with Gasteiger partial charge in [0.15, 0.2) is 0 Å². The van der Waals surface area contributed by atoms with Crippen molar-refractivity contribution in [2.75, 3.05) is 5.33 Å². The highest BCUT2D eigenvalue weighted by Gasteiger charge is 2.29. The van der Waals surface area contributed by atoms with E-state index in [1.165, 1.54) is 18.1 Å². The quantitative estimate of drug-likeness (QED) is 0.565. The van der Waals surface area contributed by atoms with Crippen molar-refractivity contribution in [3.05, 3.63) is 30.3 Å². The monoisotopic (exact) mass is 270 g/mol. The Morgan fingerprint density at radius 2 is 1.64 bits per heavy atom. The van der Waals surface area contributed by atoms with Gasteiger partial charge >= 0.3 is 0 Å². The predicted octanol–water partition coefficient (Wildman–Crippen LogP) is 3.78. The van der Waals surface area contributed by atoms with Gasteiger partial charge < -0.3 is 0 Å². The number of rotatable bonds is 5. The number of hydrogen-bond acceptors (Lipinski definition) is 0. The van der Waals surface area contributed by atoms with E-state index in [1.54, 1.807) is 5.19 Å². The summed E-state index contributed by atoms with van der Waals surface area (Å²) in [5.74, 6) is 0. The molecule has 1 rings (SSSR count). The Balaban J connectivity index is 2.98. The fourth-order valence-corrected chi connectivity index (χ4v) is 7.98. The predicted molar refractivity (Wildman–Crippen MR) is 71.4 cm³/mol. The molecule has 0 bridgehead atoms. The van der Waals surface area contributed by atoms with Crippen LogP contribution in [0.15, 0.2) is 30.3 Å². The van der Waals surface area contributed by atoms with Crippen molar-refractivity contribution < 1.29 is 0 Å². The molecule has 0 atom stereocenters. The molecular weight excluding hydrogens is 252 g/mol. The molecule has 0 radical (unpaired) electrons. The molecule has 0 aliphatic carbocycles. The summed E-state index contributed by atoms with van der Waals surface area (Å²) in [4.78, 5) is 0. The standard InChI is InChI=1S/C12H19BrSi/c1-3-14(4-2,11-10-13)12-8-6-5-7-9-12/h5-9H,3-4,10-11H2,1-2H3. The second-order valence-corrected chi connectivity index (χ2v) is 9.64. The smallest absolute Gasteiger partial charge is 0.0869 e. The summed E-state index contributed by atoms with van der Waals surface area (Å²) >= 11 is 3.60. The zero-order chi connectivity index (χ0) is 10.4. The van der Waals surface area contributed by atoms with Crippen LogP contribution in [0.3, 0.4) is 0 Å². The van der Waals surface area contributed by atoms with E-state index in [-0.39, 0.29) is 0 Å². The minimum absolute atomic E-state index is 1.15. The van der Waals surface area contributed by atoms with Crippen LogP contribution in [0.4, 0.5) is 0 Å². The Kier molecular flexibility index (Phi) is 4.89. The fraction of sp³-hybridized carbons (Fsp3) is 0.500.